The summed E-state index contributed by atoms with van der Waals surface area (Å²) in [5, 5.41) is 0. The Hall–Kier alpha value is -1.97. The van der Waals surface area contributed by atoms with Gasteiger partial charge in [0, 0.05) is 18.4 Å². The van der Waals surface area contributed by atoms with Crippen molar-refractivity contribution in [3.8, 4) is 0 Å². The third kappa shape index (κ3) is 3.13. The summed E-state index contributed by atoms with van der Waals surface area (Å²) in [6, 6.07) is 0. The van der Waals surface area contributed by atoms with Crippen molar-refractivity contribution < 1.29 is 19.1 Å². The summed E-state index contributed by atoms with van der Waals surface area (Å²) in [5.41, 5.74) is -1.02. The molecule has 1 aliphatic rings. The Morgan fingerprint density at radius 1 is 1.50 bits per heavy atom. The van der Waals surface area contributed by atoms with Gasteiger partial charge in [0.2, 0.25) is 0 Å². The first-order valence-corrected chi connectivity index (χ1v) is 6.63. The number of Topliss-reactive ketones (excluding diaryl/α,β-unsaturated/α-hetero) is 2. The van der Waals surface area contributed by atoms with Crippen LogP contribution in [0, 0.1) is 5.41 Å². The van der Waals surface area contributed by atoms with Crippen molar-refractivity contribution in [2.24, 2.45) is 5.41 Å². The predicted octanol–water partition coefficient (Wildman–Crippen LogP) is 2.55. The maximum atomic E-state index is 12.4. The lowest BCUT2D eigenvalue weighted by atomic mass is 9.71. The molecular formula is C16H20O4. The van der Waals surface area contributed by atoms with Crippen molar-refractivity contribution in [3.05, 3.63) is 36.5 Å². The normalized spacial score (nSPS) is 22.5. The second kappa shape index (κ2) is 6.98. The molecule has 0 aliphatic heterocycles. The minimum atomic E-state index is -1.34. The summed E-state index contributed by atoms with van der Waals surface area (Å²) in [7, 11) is 1.25. The van der Waals surface area contributed by atoms with Gasteiger partial charge in [-0.15, -0.1) is 0 Å². The maximum absolute atomic E-state index is 12.4. The van der Waals surface area contributed by atoms with Crippen LogP contribution < -0.4 is 0 Å². The van der Waals surface area contributed by atoms with E-state index in [-0.39, 0.29) is 30.8 Å². The first-order valence-electron chi connectivity index (χ1n) is 6.63. The van der Waals surface area contributed by atoms with Gasteiger partial charge in [0.15, 0.2) is 11.6 Å². The molecule has 1 rings (SSSR count). The second-order valence-electron chi connectivity index (χ2n) is 4.72. The van der Waals surface area contributed by atoms with Crippen LogP contribution >= 0.6 is 0 Å². The molecule has 1 aliphatic carbocycles. The highest BCUT2D eigenvalue weighted by Crippen LogP contribution is 2.36. The Labute approximate surface area is 119 Å². The van der Waals surface area contributed by atoms with Gasteiger partial charge in [-0.3, -0.25) is 14.4 Å². The van der Waals surface area contributed by atoms with E-state index in [9.17, 15) is 14.4 Å². The number of hydrogen-bond donors (Lipinski definition) is 0. The summed E-state index contributed by atoms with van der Waals surface area (Å²) >= 11 is 0. The molecule has 0 saturated carbocycles. The zero-order chi connectivity index (χ0) is 15.2. The van der Waals surface area contributed by atoms with E-state index < -0.39 is 11.4 Å². The number of carbonyl (C=O) groups is 3. The minimum absolute atomic E-state index is 0.0965. The standard InChI is InChI=1S/C16H20O4/c1-4-6-7-8-14(18)16(15(19)20-3)10-9-13(17)12(5-2)11-16/h4-6,11H,2,7-10H2,1,3H3/b6-4+/t16-/m0/s1. The van der Waals surface area contributed by atoms with Crippen LogP contribution in [-0.2, 0) is 19.1 Å². The van der Waals surface area contributed by atoms with Crippen LogP contribution in [0.15, 0.2) is 36.5 Å². The van der Waals surface area contributed by atoms with Crippen molar-refractivity contribution in [2.75, 3.05) is 7.11 Å². The molecule has 0 saturated heterocycles. The monoisotopic (exact) mass is 276 g/mol. The van der Waals surface area contributed by atoms with Gasteiger partial charge >= 0.3 is 5.97 Å². The summed E-state index contributed by atoms with van der Waals surface area (Å²) in [4.78, 5) is 36.2. The summed E-state index contributed by atoms with van der Waals surface area (Å²) in [5.74, 6) is -0.912. The number of allylic oxidation sites excluding steroid dienone is 4. The molecular weight excluding hydrogens is 256 g/mol. The van der Waals surface area contributed by atoms with Crippen molar-refractivity contribution in [3.63, 3.8) is 0 Å². The van der Waals surface area contributed by atoms with Gasteiger partial charge in [0.1, 0.15) is 5.41 Å². The van der Waals surface area contributed by atoms with E-state index in [2.05, 4.69) is 6.58 Å². The molecule has 0 unspecified atom stereocenters. The largest absolute Gasteiger partial charge is 0.468 e. The van der Waals surface area contributed by atoms with Crippen molar-refractivity contribution in [1.29, 1.82) is 0 Å². The quantitative estimate of drug-likeness (QED) is 0.425. The number of ether oxygens (including phenoxy) is 1. The zero-order valence-corrected chi connectivity index (χ0v) is 12.0. The molecule has 0 N–H and O–H groups in total. The minimum Gasteiger partial charge on any atom is -0.468 e. The molecule has 0 spiro atoms. The molecule has 4 nitrogen and oxygen atoms in total. The smallest absolute Gasteiger partial charge is 0.323 e. The lowest BCUT2D eigenvalue weighted by molar-refractivity contribution is -0.155. The fourth-order valence-corrected chi connectivity index (χ4v) is 2.33. The Morgan fingerprint density at radius 3 is 2.75 bits per heavy atom. The van der Waals surface area contributed by atoms with E-state index in [1.807, 2.05) is 19.1 Å². The Kier molecular flexibility index (Phi) is 5.62. The highest BCUT2D eigenvalue weighted by molar-refractivity contribution is 6.10. The van der Waals surface area contributed by atoms with Crippen LogP contribution in [0.25, 0.3) is 0 Å². The molecule has 0 aromatic carbocycles. The first-order chi connectivity index (χ1) is 9.51. The van der Waals surface area contributed by atoms with Crippen LogP contribution in [0.3, 0.4) is 0 Å². The number of methoxy groups -OCH3 is 1. The molecule has 108 valence electrons. The van der Waals surface area contributed by atoms with Gasteiger partial charge in [-0.05, 0) is 25.8 Å². The van der Waals surface area contributed by atoms with Crippen LogP contribution in [-0.4, -0.2) is 24.6 Å². The van der Waals surface area contributed by atoms with Gasteiger partial charge in [-0.25, -0.2) is 0 Å². The van der Waals surface area contributed by atoms with Crippen LogP contribution in [0.4, 0.5) is 0 Å². The Bertz CT molecular complexity index is 485. The number of ketones is 2. The molecule has 0 fully saturated rings. The van der Waals surface area contributed by atoms with E-state index >= 15 is 0 Å². The average molecular weight is 276 g/mol. The lowest BCUT2D eigenvalue weighted by Gasteiger charge is -2.30. The topological polar surface area (TPSA) is 60.4 Å². The molecule has 0 aromatic heterocycles. The molecule has 0 aromatic rings. The van der Waals surface area contributed by atoms with E-state index in [4.69, 9.17) is 4.74 Å². The van der Waals surface area contributed by atoms with Crippen LogP contribution in [0.5, 0.6) is 0 Å². The molecule has 1 atom stereocenters. The molecule has 0 heterocycles. The summed E-state index contributed by atoms with van der Waals surface area (Å²) in [6.45, 7) is 5.43. The Balaban J connectivity index is 3.14. The van der Waals surface area contributed by atoms with E-state index in [0.29, 0.717) is 12.0 Å². The average Bonchev–Trinajstić information content (AvgIpc) is 2.47. The maximum Gasteiger partial charge on any atom is 0.323 e. The number of carbonyl (C=O) groups excluding carboxylic acids is 3. The number of hydrogen-bond acceptors (Lipinski definition) is 4. The molecule has 0 bridgehead atoms. The van der Waals surface area contributed by atoms with Crippen molar-refractivity contribution in [2.45, 2.75) is 32.6 Å². The van der Waals surface area contributed by atoms with Crippen molar-refractivity contribution in [1.82, 2.24) is 0 Å². The molecule has 4 heteroatoms. The zero-order valence-electron chi connectivity index (χ0n) is 12.0. The second-order valence-corrected chi connectivity index (χ2v) is 4.72. The molecule has 0 radical (unpaired) electrons. The van der Waals surface area contributed by atoms with Crippen molar-refractivity contribution >= 4 is 17.5 Å². The summed E-state index contributed by atoms with van der Waals surface area (Å²) in [6.07, 6.45) is 7.68. The van der Waals surface area contributed by atoms with Gasteiger partial charge < -0.3 is 4.74 Å². The SMILES string of the molecule is C=CC1=C[C@@](C(=O)CC/C=C/C)(C(=O)OC)CCC1=O. The molecule has 20 heavy (non-hydrogen) atoms. The van der Waals surface area contributed by atoms with Crippen LogP contribution in [0.2, 0.25) is 0 Å². The van der Waals surface area contributed by atoms with E-state index in [1.165, 1.54) is 19.3 Å². The van der Waals surface area contributed by atoms with Gasteiger partial charge in [-0.1, -0.05) is 24.8 Å². The number of esters is 1. The lowest BCUT2D eigenvalue weighted by Crippen LogP contribution is -2.41. The summed E-state index contributed by atoms with van der Waals surface area (Å²) < 4.78 is 4.78. The Morgan fingerprint density at radius 2 is 2.20 bits per heavy atom. The van der Waals surface area contributed by atoms with Gasteiger partial charge in [0.25, 0.3) is 0 Å². The van der Waals surface area contributed by atoms with E-state index in [1.54, 1.807) is 0 Å². The highest BCUT2D eigenvalue weighted by Gasteiger charge is 2.46. The van der Waals surface area contributed by atoms with E-state index in [0.717, 1.165) is 0 Å². The third-order valence-electron chi connectivity index (χ3n) is 3.51. The first kappa shape index (κ1) is 16.1. The fraction of sp³-hybridized carbons (Fsp3) is 0.438. The predicted molar refractivity (Wildman–Crippen MR) is 76.0 cm³/mol. The fourth-order valence-electron chi connectivity index (χ4n) is 2.33. The van der Waals surface area contributed by atoms with Gasteiger partial charge in [-0.2, -0.15) is 0 Å². The third-order valence-corrected chi connectivity index (χ3v) is 3.51. The number of rotatable bonds is 6. The highest BCUT2D eigenvalue weighted by atomic mass is 16.5. The molecule has 0 amide bonds. The van der Waals surface area contributed by atoms with Gasteiger partial charge in [0.05, 0.1) is 7.11 Å². The van der Waals surface area contributed by atoms with Crippen LogP contribution in [0.1, 0.15) is 32.6 Å².